The first-order valence-electron chi connectivity index (χ1n) is 9.58. The zero-order chi connectivity index (χ0) is 21.7. The summed E-state index contributed by atoms with van der Waals surface area (Å²) < 4.78 is 35.0. The lowest BCUT2D eigenvalue weighted by Crippen LogP contribution is -2.34. The lowest BCUT2D eigenvalue weighted by molar-refractivity contribution is -0.131. The van der Waals surface area contributed by atoms with Crippen molar-refractivity contribution in [2.24, 2.45) is 0 Å². The second-order valence-electron chi connectivity index (χ2n) is 6.91. The highest BCUT2D eigenvalue weighted by molar-refractivity contribution is 5.94. The third-order valence-corrected chi connectivity index (χ3v) is 4.66. The van der Waals surface area contributed by atoms with Crippen molar-refractivity contribution in [2.75, 3.05) is 25.0 Å². The summed E-state index contributed by atoms with van der Waals surface area (Å²) in [6.07, 6.45) is 0.219. The molecule has 1 aliphatic heterocycles. The maximum absolute atomic E-state index is 12.6. The Bertz CT molecular complexity index is 923. The highest BCUT2D eigenvalue weighted by Gasteiger charge is 2.32. The standard InChI is InChI=1S/C21H23F2N3O4/c1-3-29-17-9-14(7-8-16(17)30-21(22)23)15-10-20(28)26(11-15)12-19(27)25-18-6-4-5-13(2)24-18/h4-9,15,21H,3,10-12H2,1-2H3,(H,24,25,27)/t15-/m1/s1. The molecule has 3 rings (SSSR count). The van der Waals surface area contributed by atoms with Gasteiger partial charge in [0.2, 0.25) is 11.8 Å². The summed E-state index contributed by atoms with van der Waals surface area (Å²) in [6, 6.07) is 9.94. The van der Waals surface area contributed by atoms with Crippen LogP contribution in [0.4, 0.5) is 14.6 Å². The van der Waals surface area contributed by atoms with E-state index in [2.05, 4.69) is 15.0 Å². The minimum atomic E-state index is -2.96. The summed E-state index contributed by atoms with van der Waals surface area (Å²) in [5.41, 5.74) is 1.53. The average Bonchev–Trinajstić information content (AvgIpc) is 3.03. The minimum Gasteiger partial charge on any atom is -0.490 e. The number of amides is 2. The van der Waals surface area contributed by atoms with Crippen LogP contribution in [0.5, 0.6) is 11.5 Å². The molecule has 0 aliphatic carbocycles. The average molecular weight is 419 g/mol. The van der Waals surface area contributed by atoms with Crippen molar-refractivity contribution in [3.8, 4) is 11.5 Å². The highest BCUT2D eigenvalue weighted by atomic mass is 19.3. The molecular formula is C21H23F2N3O4. The number of aromatic nitrogens is 1. The molecule has 0 unspecified atom stereocenters. The van der Waals surface area contributed by atoms with Crippen LogP contribution in [0.1, 0.15) is 30.5 Å². The third kappa shape index (κ3) is 5.43. The van der Waals surface area contributed by atoms with Crippen LogP contribution in [0.15, 0.2) is 36.4 Å². The van der Waals surface area contributed by atoms with Gasteiger partial charge in [0.05, 0.1) is 13.2 Å². The Morgan fingerprint density at radius 3 is 2.80 bits per heavy atom. The van der Waals surface area contributed by atoms with Gasteiger partial charge in [-0.2, -0.15) is 8.78 Å². The van der Waals surface area contributed by atoms with Crippen molar-refractivity contribution in [3.05, 3.63) is 47.7 Å². The van der Waals surface area contributed by atoms with Crippen molar-refractivity contribution in [1.29, 1.82) is 0 Å². The van der Waals surface area contributed by atoms with E-state index >= 15 is 0 Å². The molecule has 1 atom stereocenters. The number of nitrogens with zero attached hydrogens (tertiary/aromatic N) is 2. The summed E-state index contributed by atoms with van der Waals surface area (Å²) in [6.45, 7) is 1.13. The molecule has 1 N–H and O–H groups in total. The summed E-state index contributed by atoms with van der Waals surface area (Å²) in [4.78, 5) is 30.4. The Labute approximate surface area is 173 Å². The van der Waals surface area contributed by atoms with Crippen molar-refractivity contribution >= 4 is 17.6 Å². The van der Waals surface area contributed by atoms with Gasteiger partial charge in [0.15, 0.2) is 11.5 Å². The number of aryl methyl sites for hydroxylation is 1. The molecule has 9 heteroatoms. The lowest BCUT2D eigenvalue weighted by atomic mass is 9.98. The van der Waals surface area contributed by atoms with Crippen LogP contribution in [0.25, 0.3) is 0 Å². The van der Waals surface area contributed by atoms with Gasteiger partial charge in [-0.1, -0.05) is 12.1 Å². The summed E-state index contributed by atoms with van der Waals surface area (Å²) in [5.74, 6) is -0.0938. The highest BCUT2D eigenvalue weighted by Crippen LogP contribution is 2.35. The molecule has 0 spiro atoms. The molecule has 1 aliphatic rings. The number of halogens is 2. The van der Waals surface area contributed by atoms with Crippen LogP contribution in [-0.4, -0.2) is 48.0 Å². The molecule has 1 fully saturated rings. The Morgan fingerprint density at radius 2 is 2.10 bits per heavy atom. The Kier molecular flexibility index (Phi) is 6.81. The third-order valence-electron chi connectivity index (χ3n) is 4.66. The fourth-order valence-corrected chi connectivity index (χ4v) is 3.36. The number of pyridine rings is 1. The zero-order valence-corrected chi connectivity index (χ0v) is 16.7. The minimum absolute atomic E-state index is 0.0539. The number of alkyl halides is 2. The molecule has 2 aromatic rings. The van der Waals surface area contributed by atoms with Crippen LogP contribution in [0, 0.1) is 6.92 Å². The smallest absolute Gasteiger partial charge is 0.387 e. The zero-order valence-electron chi connectivity index (χ0n) is 16.7. The topological polar surface area (TPSA) is 80.8 Å². The first-order valence-corrected chi connectivity index (χ1v) is 9.58. The van der Waals surface area contributed by atoms with Crippen LogP contribution < -0.4 is 14.8 Å². The van der Waals surface area contributed by atoms with Gasteiger partial charge in [-0.15, -0.1) is 0 Å². The van der Waals surface area contributed by atoms with E-state index in [0.717, 1.165) is 11.3 Å². The maximum Gasteiger partial charge on any atom is 0.387 e. The predicted octanol–water partition coefficient (Wildman–Crippen LogP) is 3.34. The maximum atomic E-state index is 12.6. The van der Waals surface area contributed by atoms with Gasteiger partial charge in [0.1, 0.15) is 5.82 Å². The van der Waals surface area contributed by atoms with Gasteiger partial charge in [0.25, 0.3) is 0 Å². The number of carbonyl (C=O) groups excluding carboxylic acids is 2. The van der Waals surface area contributed by atoms with Gasteiger partial charge in [0, 0.05) is 24.6 Å². The first-order chi connectivity index (χ1) is 14.4. The van der Waals surface area contributed by atoms with Gasteiger partial charge >= 0.3 is 6.61 Å². The monoisotopic (exact) mass is 419 g/mol. The number of hydrogen-bond donors (Lipinski definition) is 1. The number of rotatable bonds is 8. The van der Waals surface area contributed by atoms with E-state index in [1.165, 1.54) is 11.0 Å². The van der Waals surface area contributed by atoms with Crippen LogP contribution in [-0.2, 0) is 9.59 Å². The van der Waals surface area contributed by atoms with E-state index in [9.17, 15) is 18.4 Å². The summed E-state index contributed by atoms with van der Waals surface area (Å²) >= 11 is 0. The summed E-state index contributed by atoms with van der Waals surface area (Å²) in [7, 11) is 0. The Morgan fingerprint density at radius 1 is 1.30 bits per heavy atom. The van der Waals surface area contributed by atoms with Crippen molar-refractivity contribution in [2.45, 2.75) is 32.8 Å². The Hall–Kier alpha value is -3.23. The molecule has 2 amide bonds. The second-order valence-corrected chi connectivity index (χ2v) is 6.91. The van der Waals surface area contributed by atoms with Gasteiger partial charge in [-0.3, -0.25) is 9.59 Å². The number of carbonyl (C=O) groups is 2. The molecule has 1 aromatic heterocycles. The van der Waals surface area contributed by atoms with E-state index in [1.807, 2.05) is 13.0 Å². The normalized spacial score (nSPS) is 16.1. The number of benzene rings is 1. The SMILES string of the molecule is CCOc1cc([C@@H]2CC(=O)N(CC(=O)Nc3cccc(C)n3)C2)ccc1OC(F)F. The molecule has 160 valence electrons. The van der Waals surface area contributed by atoms with Crippen LogP contribution >= 0.6 is 0 Å². The molecule has 2 heterocycles. The Balaban J connectivity index is 1.66. The molecule has 0 bridgehead atoms. The molecular weight excluding hydrogens is 396 g/mol. The second kappa shape index (κ2) is 9.51. The van der Waals surface area contributed by atoms with Gasteiger partial charge < -0.3 is 19.7 Å². The number of hydrogen-bond acceptors (Lipinski definition) is 5. The lowest BCUT2D eigenvalue weighted by Gasteiger charge is -2.17. The molecule has 0 saturated carbocycles. The fraction of sp³-hybridized carbons (Fsp3) is 0.381. The van der Waals surface area contributed by atoms with Gasteiger partial charge in [-0.25, -0.2) is 4.98 Å². The van der Waals surface area contributed by atoms with E-state index in [4.69, 9.17) is 4.74 Å². The fourth-order valence-electron chi connectivity index (χ4n) is 3.36. The quantitative estimate of drug-likeness (QED) is 0.710. The molecule has 1 saturated heterocycles. The molecule has 0 radical (unpaired) electrons. The molecule has 1 aromatic carbocycles. The predicted molar refractivity (Wildman–Crippen MR) is 106 cm³/mol. The van der Waals surface area contributed by atoms with E-state index in [-0.39, 0.29) is 48.8 Å². The van der Waals surface area contributed by atoms with E-state index in [0.29, 0.717) is 12.4 Å². The van der Waals surface area contributed by atoms with E-state index < -0.39 is 6.61 Å². The van der Waals surface area contributed by atoms with Crippen molar-refractivity contribution in [1.82, 2.24) is 9.88 Å². The molecule has 30 heavy (non-hydrogen) atoms. The summed E-state index contributed by atoms with van der Waals surface area (Å²) in [5, 5.41) is 2.68. The number of nitrogens with one attached hydrogen (secondary N) is 1. The number of anilines is 1. The van der Waals surface area contributed by atoms with Crippen LogP contribution in [0.3, 0.4) is 0 Å². The van der Waals surface area contributed by atoms with Crippen LogP contribution in [0.2, 0.25) is 0 Å². The van der Waals surface area contributed by atoms with Crippen molar-refractivity contribution < 1.29 is 27.8 Å². The first kappa shape index (κ1) is 21.5. The van der Waals surface area contributed by atoms with E-state index in [1.54, 1.807) is 31.2 Å². The largest absolute Gasteiger partial charge is 0.490 e. The molecule has 7 nitrogen and oxygen atoms in total. The van der Waals surface area contributed by atoms with Gasteiger partial charge in [-0.05, 0) is 43.7 Å². The number of ether oxygens (including phenoxy) is 2. The van der Waals surface area contributed by atoms with Crippen molar-refractivity contribution in [3.63, 3.8) is 0 Å². The number of likely N-dealkylation sites (tertiary alicyclic amines) is 1.